The molecule has 35 heteroatoms. The Morgan fingerprint density at radius 1 is 0.406 bits per heavy atom. The molecule has 6 atom stereocenters. The molecule has 2 heterocycles. The highest BCUT2D eigenvalue weighted by molar-refractivity contribution is 6.29. The molecule has 0 saturated carbocycles. The van der Waals surface area contributed by atoms with Gasteiger partial charge in [0, 0.05) is 83.9 Å². The fraction of sp³-hybridized carbons (Fsp3) is 0.225. The number of nitrogens with two attached hydrogens (primary N) is 2. The first kappa shape index (κ1) is 77.6. The standard InChI is InChI=1S/C71H68N14O21/c1-37(74-59(88)31-43-9-17-49(18-10-43)82-61(90)25-26-62(82)91)65(94)76-39(3)67(96)80-53(35-57(72)86)69(98)78-47-13-5-41(6-14-47)29-45-33-51(84(101)102)21-23-55(45)105-71(100)106-56-24-22-52(85(103)104)34-46(56)30-42-7-15-48(16-8-42)79-70(99)54(36-58(73)87)81-68(97)40(4)77-66(95)38(2)75-60(89)32-44-11-19-50(20-12-44)83-63(92)27-28-64(83)93/h5-28,33-34,37-40,53-54H,29-32,35-36H2,1-4H3,(H2,72,86)(H2,73,87)(H,74,88)(H,75,89)(H,76,94)(H,77,95)(H,78,98)(H,79,99)(H,80,96)(H,81,97)/t37-,38-,39-,40-,53-,54-/m0/s1. The monoisotopic (exact) mass is 1450 g/mol. The van der Waals surface area contributed by atoms with E-state index in [4.69, 9.17) is 20.9 Å². The van der Waals surface area contributed by atoms with E-state index in [0.717, 1.165) is 70.5 Å². The minimum Gasteiger partial charge on any atom is -0.394 e. The van der Waals surface area contributed by atoms with E-state index in [0.29, 0.717) is 33.6 Å². The van der Waals surface area contributed by atoms with Gasteiger partial charge in [0.05, 0.1) is 46.9 Å². The average Bonchev–Trinajstić information content (AvgIpc) is 1.76. The van der Waals surface area contributed by atoms with Crippen LogP contribution in [0.2, 0.25) is 0 Å². The van der Waals surface area contributed by atoms with Gasteiger partial charge in [0.2, 0.25) is 59.1 Å². The number of nitro benzene ring substituents is 2. The summed E-state index contributed by atoms with van der Waals surface area (Å²) < 4.78 is 11.1. The summed E-state index contributed by atoms with van der Waals surface area (Å²) >= 11 is 0. The maximum Gasteiger partial charge on any atom is 0.519 e. The van der Waals surface area contributed by atoms with Crippen LogP contribution in [0.15, 0.2) is 158 Å². The number of imide groups is 2. The molecular weight excluding hydrogens is 1380 g/mol. The summed E-state index contributed by atoms with van der Waals surface area (Å²) in [5.74, 6) is -10.8. The fourth-order valence-corrected chi connectivity index (χ4v) is 10.5. The lowest BCUT2D eigenvalue weighted by atomic mass is 10.0. The summed E-state index contributed by atoms with van der Waals surface area (Å²) in [6.07, 6.45) is 1.14. The number of anilines is 4. The zero-order valence-electron chi connectivity index (χ0n) is 56.7. The first-order chi connectivity index (χ1) is 50.3. The van der Waals surface area contributed by atoms with Crippen molar-refractivity contribution in [3.8, 4) is 11.5 Å². The third-order valence-electron chi connectivity index (χ3n) is 16.0. The quantitative estimate of drug-likeness (QED) is 0.00951. The SMILES string of the molecule is C[C@H](NC(=O)Cc1ccc(N2C(=O)C=CC2=O)cc1)C(=O)N[C@@H](C)C(=O)N[C@@H](CC(N)=O)C(=O)Nc1ccc(Cc2cc([N+](=O)[O-])ccc2OC(=O)Oc2ccc([N+](=O)[O-])cc2Cc2ccc(NC(=O)[C@H](CC(N)=O)NC(=O)[C@H](C)NC(=O)[C@H](C)NC(=O)Cc3ccc(N4C(=O)C=CC4=O)cc3)cc2)cc1. The molecule has 0 fully saturated rings. The third-order valence-corrected chi connectivity index (χ3v) is 16.0. The van der Waals surface area contributed by atoms with Crippen LogP contribution in [0.4, 0.5) is 38.9 Å². The van der Waals surface area contributed by atoms with E-state index < -0.39 is 159 Å². The maximum absolute atomic E-state index is 13.6. The molecule has 0 aromatic heterocycles. The number of nitrogens with one attached hydrogen (secondary N) is 8. The van der Waals surface area contributed by atoms with E-state index in [9.17, 15) is 92.1 Å². The van der Waals surface area contributed by atoms with E-state index >= 15 is 0 Å². The molecule has 6 aromatic carbocycles. The number of nitrogens with zero attached hydrogens (tertiary/aromatic N) is 4. The molecule has 0 saturated heterocycles. The second-order valence-electron chi connectivity index (χ2n) is 24.2. The Morgan fingerprint density at radius 2 is 0.708 bits per heavy atom. The average molecular weight is 1450 g/mol. The number of non-ortho nitro benzene ring substituents is 2. The van der Waals surface area contributed by atoms with Gasteiger partial charge in [-0.15, -0.1) is 0 Å². The van der Waals surface area contributed by atoms with Crippen molar-refractivity contribution in [1.82, 2.24) is 31.9 Å². The normalized spacial score (nSPS) is 13.9. The second-order valence-corrected chi connectivity index (χ2v) is 24.2. The van der Waals surface area contributed by atoms with Gasteiger partial charge in [0.1, 0.15) is 47.8 Å². The number of ether oxygens (including phenoxy) is 2. The lowest BCUT2D eigenvalue weighted by molar-refractivity contribution is -0.385. The van der Waals surface area contributed by atoms with Gasteiger partial charge in [0.25, 0.3) is 35.0 Å². The van der Waals surface area contributed by atoms with Gasteiger partial charge in [-0.1, -0.05) is 48.5 Å². The predicted octanol–water partition coefficient (Wildman–Crippen LogP) is 2.22. The van der Waals surface area contributed by atoms with Crippen LogP contribution in [0, 0.1) is 20.2 Å². The van der Waals surface area contributed by atoms with Gasteiger partial charge in [-0.05, 0) is 111 Å². The Bertz CT molecular complexity index is 4280. The van der Waals surface area contributed by atoms with Crippen LogP contribution in [0.5, 0.6) is 11.5 Å². The number of hydrogen-bond donors (Lipinski definition) is 10. The van der Waals surface area contributed by atoms with Crippen LogP contribution in [0.3, 0.4) is 0 Å². The first-order valence-electron chi connectivity index (χ1n) is 32.2. The minimum atomic E-state index is -1.56. The van der Waals surface area contributed by atoms with Crippen molar-refractivity contribution >= 4 is 123 Å². The second kappa shape index (κ2) is 35.0. The van der Waals surface area contributed by atoms with E-state index in [-0.39, 0.29) is 59.7 Å². The maximum atomic E-state index is 13.6. The van der Waals surface area contributed by atoms with Gasteiger partial charge in [0.15, 0.2) is 0 Å². The van der Waals surface area contributed by atoms with Gasteiger partial charge >= 0.3 is 6.16 Å². The van der Waals surface area contributed by atoms with Crippen molar-refractivity contribution in [3.63, 3.8) is 0 Å². The van der Waals surface area contributed by atoms with E-state index in [2.05, 4.69) is 42.5 Å². The zero-order valence-corrected chi connectivity index (χ0v) is 56.7. The van der Waals surface area contributed by atoms with Crippen LogP contribution >= 0.6 is 0 Å². The summed E-state index contributed by atoms with van der Waals surface area (Å²) in [4.78, 5) is 216. The highest BCUT2D eigenvalue weighted by Gasteiger charge is 2.32. The molecule has 106 heavy (non-hydrogen) atoms. The Kier molecular flexibility index (Phi) is 25.6. The number of rotatable bonds is 32. The largest absolute Gasteiger partial charge is 0.519 e. The molecule has 0 aliphatic carbocycles. The van der Waals surface area contributed by atoms with Gasteiger partial charge in [-0.2, -0.15) is 0 Å². The molecule has 8 rings (SSSR count). The Morgan fingerprint density at radius 3 is 1.02 bits per heavy atom. The van der Waals surface area contributed by atoms with Crippen LogP contribution in [0.1, 0.15) is 73.9 Å². The molecule has 548 valence electrons. The smallest absolute Gasteiger partial charge is 0.394 e. The van der Waals surface area contributed by atoms with Crippen LogP contribution in [-0.4, -0.2) is 135 Å². The molecule has 0 radical (unpaired) electrons. The van der Waals surface area contributed by atoms with Crippen LogP contribution in [0.25, 0.3) is 0 Å². The van der Waals surface area contributed by atoms with Crippen molar-refractivity contribution < 1.29 is 91.2 Å². The Balaban J connectivity index is 0.825. The molecule has 12 N–H and O–H groups in total. The van der Waals surface area contributed by atoms with E-state index in [1.54, 1.807) is 0 Å². The molecule has 0 bridgehead atoms. The van der Waals surface area contributed by atoms with Gasteiger partial charge < -0.3 is 63.5 Å². The fourth-order valence-electron chi connectivity index (χ4n) is 10.5. The topological polar surface area (TPSA) is 516 Å². The zero-order chi connectivity index (χ0) is 77.2. The number of amides is 14. The number of carbonyl (C=O) groups excluding carboxylic acids is 15. The number of carbonyl (C=O) groups is 15. The van der Waals surface area contributed by atoms with Crippen LogP contribution in [-0.2, 0) is 92.8 Å². The lowest BCUT2D eigenvalue weighted by Crippen LogP contribution is -2.55. The number of nitro groups is 2. The Labute approximate surface area is 601 Å². The number of hydrogen-bond acceptors (Lipinski definition) is 21. The summed E-state index contributed by atoms with van der Waals surface area (Å²) in [7, 11) is 0. The molecule has 6 aromatic rings. The Hall–Kier alpha value is -14.2. The molecule has 14 amide bonds. The van der Waals surface area contributed by atoms with Crippen molar-refractivity contribution in [2.45, 2.75) is 102 Å². The molecule has 35 nitrogen and oxygen atoms in total. The third kappa shape index (κ3) is 21.4. The van der Waals surface area contributed by atoms with Crippen molar-refractivity contribution in [3.05, 3.63) is 211 Å². The van der Waals surface area contributed by atoms with E-state index in [1.807, 2.05) is 0 Å². The molecule has 2 aliphatic rings. The van der Waals surface area contributed by atoms with E-state index in [1.165, 1.54) is 125 Å². The number of benzene rings is 6. The molecule has 0 spiro atoms. The highest BCUT2D eigenvalue weighted by Crippen LogP contribution is 2.31. The number of primary amides is 2. The van der Waals surface area contributed by atoms with Crippen molar-refractivity contribution in [2.75, 3.05) is 20.4 Å². The van der Waals surface area contributed by atoms with Crippen LogP contribution < -0.4 is 73.3 Å². The first-order valence-corrected chi connectivity index (χ1v) is 32.2. The molecule has 2 aliphatic heterocycles. The molecular formula is C71H68N14O21. The molecule has 0 unspecified atom stereocenters. The lowest BCUT2D eigenvalue weighted by Gasteiger charge is -2.22. The van der Waals surface area contributed by atoms with Gasteiger partial charge in [-0.3, -0.25) is 87.4 Å². The van der Waals surface area contributed by atoms with Gasteiger partial charge in [-0.25, -0.2) is 14.6 Å². The summed E-state index contributed by atoms with van der Waals surface area (Å²) in [5, 5.41) is 43.6. The van der Waals surface area contributed by atoms with Crippen molar-refractivity contribution in [2.24, 2.45) is 11.5 Å². The summed E-state index contributed by atoms with van der Waals surface area (Å²) in [5.41, 5.74) is 13.0. The van der Waals surface area contributed by atoms with Crippen molar-refractivity contribution in [1.29, 1.82) is 0 Å². The highest BCUT2D eigenvalue weighted by atomic mass is 16.7. The minimum absolute atomic E-state index is 0.0888. The summed E-state index contributed by atoms with van der Waals surface area (Å²) in [6.45, 7) is 5.29. The summed E-state index contributed by atoms with van der Waals surface area (Å²) in [6, 6.07) is 22.3. The predicted molar refractivity (Wildman–Crippen MR) is 374 cm³/mol.